The summed E-state index contributed by atoms with van der Waals surface area (Å²) in [7, 11) is -0.0186. The first-order valence-corrected chi connectivity index (χ1v) is 14.0. The zero-order valence-electron chi connectivity index (χ0n) is 20.0. The van der Waals surface area contributed by atoms with E-state index in [0.717, 1.165) is 32.3 Å². The molecule has 0 radical (unpaired) electrons. The first-order valence-electron chi connectivity index (χ1n) is 11.1. The van der Waals surface area contributed by atoms with Crippen LogP contribution in [0.15, 0.2) is 0 Å². The van der Waals surface area contributed by atoms with Crippen LogP contribution in [0.4, 0.5) is 4.79 Å². The number of alkyl carbamates (subject to hydrolysis) is 1. The third-order valence-corrected chi connectivity index (χ3v) is 11.0. The molecule has 0 unspecified atom stereocenters. The normalized spacial score (nSPS) is 28.0. The highest BCUT2D eigenvalue weighted by molar-refractivity contribution is 6.74. The van der Waals surface area contributed by atoms with E-state index in [1.807, 2.05) is 20.8 Å². The summed E-state index contributed by atoms with van der Waals surface area (Å²) in [5.41, 5.74) is -0.515. The second-order valence-electron chi connectivity index (χ2n) is 11.1. The number of carbonyl (C=O) groups is 1. The lowest BCUT2D eigenvalue weighted by molar-refractivity contribution is -0.143. The van der Waals surface area contributed by atoms with Crippen LogP contribution in [0.1, 0.15) is 67.2 Å². The lowest BCUT2D eigenvalue weighted by Gasteiger charge is -2.36. The van der Waals surface area contributed by atoms with Gasteiger partial charge in [-0.05, 0) is 70.5 Å². The maximum absolute atomic E-state index is 12.4. The Hall–Kier alpha value is -0.633. The van der Waals surface area contributed by atoms with E-state index in [1.165, 1.54) is 0 Å². The Bertz CT molecular complexity index is 554. The van der Waals surface area contributed by atoms with Crippen molar-refractivity contribution >= 4 is 14.4 Å². The monoisotopic (exact) mass is 429 g/mol. The van der Waals surface area contributed by atoms with Crippen LogP contribution in [0.3, 0.4) is 0 Å². The zero-order valence-corrected chi connectivity index (χ0v) is 21.0. The van der Waals surface area contributed by atoms with E-state index in [9.17, 15) is 4.79 Å². The minimum absolute atomic E-state index is 0.00113. The van der Waals surface area contributed by atoms with Gasteiger partial charge in [0.1, 0.15) is 5.60 Å². The van der Waals surface area contributed by atoms with Crippen LogP contribution in [0, 0.1) is 11.8 Å². The molecule has 1 aliphatic carbocycles. The fourth-order valence-corrected chi connectivity index (χ4v) is 4.78. The summed E-state index contributed by atoms with van der Waals surface area (Å²) in [6, 6.07) is -0.0622. The van der Waals surface area contributed by atoms with Crippen molar-refractivity contribution in [3.63, 3.8) is 0 Å². The van der Waals surface area contributed by atoms with Crippen LogP contribution in [-0.4, -0.2) is 52.2 Å². The number of ether oxygens (including phenoxy) is 3. The van der Waals surface area contributed by atoms with E-state index < -0.39 is 13.9 Å². The van der Waals surface area contributed by atoms with Gasteiger partial charge in [0.25, 0.3) is 0 Å². The highest BCUT2D eigenvalue weighted by Gasteiger charge is 2.58. The van der Waals surface area contributed by atoms with E-state index in [2.05, 4.69) is 39.2 Å². The largest absolute Gasteiger partial charge is 0.444 e. The molecule has 0 aromatic heterocycles. The third kappa shape index (κ3) is 6.94. The van der Waals surface area contributed by atoms with Crippen LogP contribution >= 0.6 is 0 Å². The van der Waals surface area contributed by atoms with Gasteiger partial charge >= 0.3 is 6.09 Å². The summed E-state index contributed by atoms with van der Waals surface area (Å²) in [6.45, 7) is 17.8. The van der Waals surface area contributed by atoms with Crippen LogP contribution in [0.2, 0.25) is 18.1 Å². The molecule has 0 aromatic rings. The van der Waals surface area contributed by atoms with Crippen molar-refractivity contribution in [1.29, 1.82) is 0 Å². The molecule has 2 aliphatic rings. The number of unbranched alkanes of at least 4 members (excludes halogenated alkanes) is 1. The molecular formula is C22H43NO5Si. The Labute approximate surface area is 178 Å². The molecule has 1 saturated heterocycles. The quantitative estimate of drug-likeness (QED) is 0.409. The summed E-state index contributed by atoms with van der Waals surface area (Å²) in [6.07, 6.45) is 3.40. The highest BCUT2D eigenvalue weighted by atomic mass is 28.4. The standard InChI is InChI=1S/C22H43NO5Si/c1-21(2,3)28-20(24)23-17(18-15-14-16(15)19(25-7)27-18)12-10-11-13-26-29(8,9)22(4,5)6/h15-19H,10-14H2,1-9H3,(H,23,24)/t15-,16+,17+,18+,19+/m1/s1. The lowest BCUT2D eigenvalue weighted by atomic mass is 10.0. The van der Waals surface area contributed by atoms with Crippen molar-refractivity contribution in [3.05, 3.63) is 0 Å². The fraction of sp³-hybridized carbons (Fsp3) is 0.955. The zero-order chi connectivity index (χ0) is 22.0. The number of amides is 1. The molecule has 170 valence electrons. The second-order valence-corrected chi connectivity index (χ2v) is 15.9. The van der Waals surface area contributed by atoms with Gasteiger partial charge in [0.2, 0.25) is 0 Å². The molecule has 7 heteroatoms. The van der Waals surface area contributed by atoms with Crippen molar-refractivity contribution in [2.24, 2.45) is 11.8 Å². The summed E-state index contributed by atoms with van der Waals surface area (Å²) in [5.74, 6) is 0.943. The minimum Gasteiger partial charge on any atom is -0.444 e. The molecule has 1 N–H and O–H groups in total. The fourth-order valence-electron chi connectivity index (χ4n) is 3.69. The molecular weight excluding hydrogens is 386 g/mol. The molecule has 0 spiro atoms. The Morgan fingerprint density at radius 1 is 1.14 bits per heavy atom. The van der Waals surface area contributed by atoms with E-state index in [-0.39, 0.29) is 29.6 Å². The predicted molar refractivity (Wildman–Crippen MR) is 117 cm³/mol. The van der Waals surface area contributed by atoms with Crippen LogP contribution in [-0.2, 0) is 18.6 Å². The SMILES string of the molecule is CO[C@H]1O[C@H]([C@H](CCCCO[Si](C)(C)C(C)(C)C)NC(=O)OC(C)(C)C)[C@@H]2C[C@H]12. The van der Waals surface area contributed by atoms with E-state index in [4.69, 9.17) is 18.6 Å². The molecule has 2 rings (SSSR count). The first-order chi connectivity index (χ1) is 13.2. The van der Waals surface area contributed by atoms with Crippen molar-refractivity contribution in [3.8, 4) is 0 Å². The van der Waals surface area contributed by atoms with Gasteiger partial charge in [0.15, 0.2) is 14.6 Å². The topological polar surface area (TPSA) is 66.0 Å². The van der Waals surface area contributed by atoms with Crippen LogP contribution in [0.25, 0.3) is 0 Å². The average Bonchev–Trinajstić information content (AvgIpc) is 3.25. The molecule has 6 nitrogen and oxygen atoms in total. The Morgan fingerprint density at radius 3 is 2.31 bits per heavy atom. The predicted octanol–water partition coefficient (Wildman–Crippen LogP) is 5.08. The molecule has 0 aromatic carbocycles. The molecule has 1 amide bonds. The van der Waals surface area contributed by atoms with Gasteiger partial charge in [0.05, 0.1) is 12.1 Å². The summed E-state index contributed by atoms with van der Waals surface area (Å²) >= 11 is 0. The summed E-state index contributed by atoms with van der Waals surface area (Å²) < 4.78 is 23.3. The Balaban J connectivity index is 1.87. The molecule has 5 atom stereocenters. The first kappa shape index (κ1) is 24.6. The molecule has 2 fully saturated rings. The maximum Gasteiger partial charge on any atom is 0.407 e. The Kier molecular flexibility index (Phi) is 7.85. The van der Waals surface area contributed by atoms with Gasteiger partial charge in [-0.3, -0.25) is 0 Å². The van der Waals surface area contributed by atoms with Gasteiger partial charge in [0, 0.05) is 19.6 Å². The minimum atomic E-state index is -1.71. The highest BCUT2D eigenvalue weighted by Crippen LogP contribution is 2.53. The number of fused-ring (bicyclic) bond motifs is 1. The number of carbonyl (C=O) groups excluding carboxylic acids is 1. The number of rotatable bonds is 9. The van der Waals surface area contributed by atoms with Crippen LogP contribution < -0.4 is 5.32 Å². The molecule has 1 saturated carbocycles. The van der Waals surface area contributed by atoms with Gasteiger partial charge in [-0.2, -0.15) is 0 Å². The van der Waals surface area contributed by atoms with Gasteiger partial charge in [-0.25, -0.2) is 4.79 Å². The number of hydrogen-bond acceptors (Lipinski definition) is 5. The molecule has 1 heterocycles. The number of nitrogens with one attached hydrogen (secondary N) is 1. The van der Waals surface area contributed by atoms with Crippen molar-refractivity contribution < 1.29 is 23.4 Å². The van der Waals surface area contributed by atoms with Gasteiger partial charge in [-0.1, -0.05) is 20.8 Å². The third-order valence-electron chi connectivity index (χ3n) is 6.46. The molecule has 29 heavy (non-hydrogen) atoms. The summed E-state index contributed by atoms with van der Waals surface area (Å²) in [4.78, 5) is 12.4. The van der Waals surface area contributed by atoms with Crippen molar-refractivity contribution in [1.82, 2.24) is 5.32 Å². The van der Waals surface area contributed by atoms with Gasteiger partial charge < -0.3 is 24.0 Å². The van der Waals surface area contributed by atoms with E-state index in [0.29, 0.717) is 11.8 Å². The van der Waals surface area contributed by atoms with E-state index in [1.54, 1.807) is 7.11 Å². The molecule has 0 bridgehead atoms. The number of methoxy groups -OCH3 is 1. The maximum atomic E-state index is 12.4. The van der Waals surface area contributed by atoms with E-state index >= 15 is 0 Å². The second kappa shape index (κ2) is 9.24. The Morgan fingerprint density at radius 2 is 1.79 bits per heavy atom. The van der Waals surface area contributed by atoms with Gasteiger partial charge in [-0.15, -0.1) is 0 Å². The number of hydrogen-bond donors (Lipinski definition) is 1. The summed E-state index contributed by atoms with van der Waals surface area (Å²) in [5, 5.41) is 3.30. The molecule has 1 aliphatic heterocycles. The smallest absolute Gasteiger partial charge is 0.407 e. The lowest BCUT2D eigenvalue weighted by Crippen LogP contribution is -2.47. The average molecular weight is 430 g/mol. The van der Waals surface area contributed by atoms with Crippen molar-refractivity contribution in [2.45, 2.75) is 109 Å². The van der Waals surface area contributed by atoms with Crippen LogP contribution in [0.5, 0.6) is 0 Å². The van der Waals surface area contributed by atoms with Crippen molar-refractivity contribution in [2.75, 3.05) is 13.7 Å².